The Morgan fingerprint density at radius 1 is 1.03 bits per heavy atom. The number of nitrogens with zero attached hydrogens (tertiary/aromatic N) is 1. The Hall–Kier alpha value is -4.58. The van der Waals surface area contributed by atoms with Crippen molar-refractivity contribution in [2.24, 2.45) is 5.73 Å². The summed E-state index contributed by atoms with van der Waals surface area (Å²) >= 11 is 0. The third kappa shape index (κ3) is 8.02. The van der Waals surface area contributed by atoms with E-state index >= 15 is 0 Å². The highest BCUT2D eigenvalue weighted by Crippen LogP contribution is 2.32. The van der Waals surface area contributed by atoms with Gasteiger partial charge in [0.25, 0.3) is 0 Å². The third-order valence-electron chi connectivity index (χ3n) is 4.73. The summed E-state index contributed by atoms with van der Waals surface area (Å²) < 4.78 is 20.5. The van der Waals surface area contributed by atoms with Gasteiger partial charge in [-0.15, -0.1) is 0 Å². The molecular formula is C24H27N5O7. The molecule has 12 heteroatoms. The van der Waals surface area contributed by atoms with Crippen LogP contribution in [0.15, 0.2) is 59.5 Å². The maximum atomic E-state index is 12.5. The van der Waals surface area contributed by atoms with Gasteiger partial charge in [0.2, 0.25) is 0 Å². The Bertz CT molecular complexity index is 1170. The van der Waals surface area contributed by atoms with E-state index in [9.17, 15) is 14.4 Å². The normalized spacial score (nSPS) is 10.3. The summed E-state index contributed by atoms with van der Waals surface area (Å²) in [6, 6.07) is 11.7. The fourth-order valence-electron chi connectivity index (χ4n) is 3.07. The van der Waals surface area contributed by atoms with Crippen LogP contribution in [0.4, 0.5) is 21.0 Å². The monoisotopic (exact) mass is 497 g/mol. The van der Waals surface area contributed by atoms with Gasteiger partial charge in [-0.25, -0.2) is 14.6 Å². The van der Waals surface area contributed by atoms with Crippen LogP contribution in [-0.2, 0) is 20.8 Å². The lowest BCUT2D eigenvalue weighted by atomic mass is 10.1. The number of amides is 3. The molecular weight excluding hydrogens is 470 g/mol. The lowest BCUT2D eigenvalue weighted by Crippen LogP contribution is -2.25. The van der Waals surface area contributed by atoms with Crippen molar-refractivity contribution in [3.05, 3.63) is 60.6 Å². The van der Waals surface area contributed by atoms with Crippen LogP contribution in [0.1, 0.15) is 12.0 Å². The zero-order valence-electron chi connectivity index (χ0n) is 19.6. The zero-order valence-corrected chi connectivity index (χ0v) is 19.6. The van der Waals surface area contributed by atoms with Crippen molar-refractivity contribution < 1.29 is 33.0 Å². The highest BCUT2D eigenvalue weighted by atomic mass is 16.6. The van der Waals surface area contributed by atoms with E-state index in [0.29, 0.717) is 34.9 Å². The second kappa shape index (κ2) is 13.3. The smallest absolute Gasteiger partial charge is 0.407 e. The Balaban J connectivity index is 1.46. The van der Waals surface area contributed by atoms with E-state index in [-0.39, 0.29) is 26.3 Å². The SMILES string of the molecule is COc1cc(NC(=O)Nc2cccc(CNC(=O)OCCCOC(=O)CN)c2)ccc1-c1cnco1. The van der Waals surface area contributed by atoms with Gasteiger partial charge in [0, 0.05) is 30.4 Å². The van der Waals surface area contributed by atoms with Gasteiger partial charge in [-0.3, -0.25) is 4.79 Å². The minimum absolute atomic E-state index is 0.0929. The molecule has 5 N–H and O–H groups in total. The lowest BCUT2D eigenvalue weighted by Gasteiger charge is -2.12. The molecule has 0 unspecified atom stereocenters. The molecule has 1 heterocycles. The predicted octanol–water partition coefficient (Wildman–Crippen LogP) is 3.11. The number of esters is 1. The summed E-state index contributed by atoms with van der Waals surface area (Å²) in [5.41, 5.74) is 7.63. The second-order valence-electron chi connectivity index (χ2n) is 7.33. The first-order valence-electron chi connectivity index (χ1n) is 11.0. The molecule has 12 nitrogen and oxygen atoms in total. The molecule has 3 amide bonds. The number of methoxy groups -OCH3 is 1. The van der Waals surface area contributed by atoms with Crippen molar-refractivity contribution in [2.75, 3.05) is 37.5 Å². The molecule has 2 aromatic carbocycles. The van der Waals surface area contributed by atoms with E-state index in [1.54, 1.807) is 48.7 Å². The summed E-state index contributed by atoms with van der Waals surface area (Å²) in [5.74, 6) is 0.549. The van der Waals surface area contributed by atoms with Crippen molar-refractivity contribution in [1.29, 1.82) is 0 Å². The van der Waals surface area contributed by atoms with E-state index in [1.807, 2.05) is 0 Å². The van der Waals surface area contributed by atoms with Gasteiger partial charge < -0.3 is 40.3 Å². The maximum Gasteiger partial charge on any atom is 0.407 e. The van der Waals surface area contributed by atoms with Gasteiger partial charge in [-0.05, 0) is 29.8 Å². The van der Waals surface area contributed by atoms with Crippen molar-refractivity contribution in [2.45, 2.75) is 13.0 Å². The molecule has 0 bridgehead atoms. The van der Waals surface area contributed by atoms with Gasteiger partial charge in [-0.1, -0.05) is 12.1 Å². The molecule has 0 aliphatic heterocycles. The molecule has 1 aromatic heterocycles. The van der Waals surface area contributed by atoms with Crippen LogP contribution in [0.2, 0.25) is 0 Å². The molecule has 0 aliphatic rings. The Kier molecular flexibility index (Phi) is 9.65. The van der Waals surface area contributed by atoms with Crippen LogP contribution in [0.5, 0.6) is 5.75 Å². The molecule has 0 fully saturated rings. The molecule has 3 aromatic rings. The van der Waals surface area contributed by atoms with Crippen LogP contribution in [0, 0.1) is 0 Å². The topological polar surface area (TPSA) is 167 Å². The van der Waals surface area contributed by atoms with Crippen molar-refractivity contribution in [3.8, 4) is 17.1 Å². The largest absolute Gasteiger partial charge is 0.496 e. The van der Waals surface area contributed by atoms with Crippen LogP contribution in [-0.4, -0.2) is 49.9 Å². The van der Waals surface area contributed by atoms with Crippen LogP contribution < -0.4 is 26.4 Å². The van der Waals surface area contributed by atoms with Crippen molar-refractivity contribution in [3.63, 3.8) is 0 Å². The number of nitrogens with one attached hydrogen (secondary N) is 3. The summed E-state index contributed by atoms with van der Waals surface area (Å²) in [6.07, 6.45) is 2.65. The molecule has 0 atom stereocenters. The number of urea groups is 1. The predicted molar refractivity (Wildman–Crippen MR) is 130 cm³/mol. The molecule has 3 rings (SSSR count). The fourth-order valence-corrected chi connectivity index (χ4v) is 3.07. The Morgan fingerprint density at radius 3 is 2.53 bits per heavy atom. The number of alkyl carbamates (subject to hydrolysis) is 1. The van der Waals surface area contributed by atoms with Crippen molar-refractivity contribution in [1.82, 2.24) is 10.3 Å². The molecule has 0 spiro atoms. The third-order valence-corrected chi connectivity index (χ3v) is 4.73. The van der Waals surface area contributed by atoms with E-state index < -0.39 is 18.1 Å². The number of carbonyl (C=O) groups is 3. The first kappa shape index (κ1) is 26.0. The number of oxazole rings is 1. The maximum absolute atomic E-state index is 12.5. The number of hydrogen-bond acceptors (Lipinski definition) is 9. The highest BCUT2D eigenvalue weighted by Gasteiger charge is 2.12. The minimum atomic E-state index is -0.612. The average Bonchev–Trinajstić information content (AvgIpc) is 3.42. The number of anilines is 2. The number of benzene rings is 2. The van der Waals surface area contributed by atoms with Gasteiger partial charge in [0.15, 0.2) is 12.2 Å². The highest BCUT2D eigenvalue weighted by molar-refractivity contribution is 6.00. The first-order chi connectivity index (χ1) is 17.5. The lowest BCUT2D eigenvalue weighted by molar-refractivity contribution is -0.142. The summed E-state index contributed by atoms with van der Waals surface area (Å²) in [5, 5.41) is 8.11. The van der Waals surface area contributed by atoms with E-state index in [0.717, 1.165) is 5.56 Å². The number of hydrogen-bond donors (Lipinski definition) is 4. The molecule has 190 valence electrons. The first-order valence-corrected chi connectivity index (χ1v) is 11.0. The average molecular weight is 498 g/mol. The van der Waals surface area contributed by atoms with E-state index in [1.165, 1.54) is 13.5 Å². The van der Waals surface area contributed by atoms with Gasteiger partial charge in [0.1, 0.15) is 5.75 Å². The number of carbonyl (C=O) groups excluding carboxylic acids is 3. The summed E-state index contributed by atoms with van der Waals surface area (Å²) in [4.78, 5) is 39.1. The Labute approximate surface area is 207 Å². The molecule has 0 saturated carbocycles. The van der Waals surface area contributed by atoms with Crippen LogP contribution >= 0.6 is 0 Å². The molecule has 0 radical (unpaired) electrons. The number of aromatic nitrogens is 1. The van der Waals surface area contributed by atoms with E-state index in [4.69, 9.17) is 24.4 Å². The summed E-state index contributed by atoms with van der Waals surface area (Å²) in [7, 11) is 1.52. The van der Waals surface area contributed by atoms with Crippen molar-refractivity contribution >= 4 is 29.5 Å². The van der Waals surface area contributed by atoms with E-state index in [2.05, 4.69) is 20.9 Å². The minimum Gasteiger partial charge on any atom is -0.496 e. The zero-order chi connectivity index (χ0) is 25.8. The quantitative estimate of drug-likeness (QED) is 0.230. The number of rotatable bonds is 11. The Morgan fingerprint density at radius 2 is 1.81 bits per heavy atom. The molecule has 0 saturated heterocycles. The van der Waals surface area contributed by atoms with Gasteiger partial charge >= 0.3 is 18.1 Å². The van der Waals surface area contributed by atoms with Gasteiger partial charge in [0.05, 0.1) is 38.6 Å². The second-order valence-corrected chi connectivity index (χ2v) is 7.33. The summed E-state index contributed by atoms with van der Waals surface area (Å²) in [6.45, 7) is 0.217. The fraction of sp³-hybridized carbons (Fsp3) is 0.250. The number of nitrogens with two attached hydrogens (primary N) is 1. The van der Waals surface area contributed by atoms with Crippen LogP contribution in [0.25, 0.3) is 11.3 Å². The number of ether oxygens (including phenoxy) is 3. The molecule has 0 aliphatic carbocycles. The van der Waals surface area contributed by atoms with Gasteiger partial charge in [-0.2, -0.15) is 0 Å². The van der Waals surface area contributed by atoms with Crippen LogP contribution in [0.3, 0.4) is 0 Å². The standard InChI is InChI=1S/C24H27N5O7/c1-33-20-11-18(6-7-19(20)21-14-26-15-36-21)29-23(31)28-17-5-2-4-16(10-17)13-27-24(32)35-9-3-8-34-22(30)12-25/h2,4-7,10-11,14-15H,3,8-9,12-13,25H2,1H3,(H,27,32)(H2,28,29,31). The molecule has 36 heavy (non-hydrogen) atoms.